The molecule has 0 unspecified atom stereocenters. The van der Waals surface area contributed by atoms with Crippen LogP contribution >= 0.6 is 11.6 Å². The Balaban J connectivity index is 1.73. The first kappa shape index (κ1) is 18.7. The fourth-order valence-corrected chi connectivity index (χ4v) is 4.37. The zero-order valence-electron chi connectivity index (χ0n) is 15.8. The van der Waals surface area contributed by atoms with Gasteiger partial charge in [-0.2, -0.15) is 0 Å². The Kier molecular flexibility index (Phi) is 4.48. The first-order chi connectivity index (χ1) is 14.6. The number of rotatable bonds is 5. The van der Waals surface area contributed by atoms with E-state index in [1.807, 2.05) is 30.3 Å². The fraction of sp³-hybridized carbons (Fsp3) is 0.167. The monoisotopic (exact) mass is 420 g/mol. The van der Waals surface area contributed by atoms with Crippen molar-refractivity contribution in [1.82, 2.24) is 0 Å². The summed E-state index contributed by atoms with van der Waals surface area (Å²) in [4.78, 5) is 25.6. The molecular weight excluding hydrogens is 404 g/mol. The van der Waals surface area contributed by atoms with Crippen molar-refractivity contribution in [2.75, 3.05) is 6.79 Å². The van der Waals surface area contributed by atoms with Crippen LogP contribution in [0.15, 0.2) is 66.7 Å². The van der Waals surface area contributed by atoms with Gasteiger partial charge in [0.25, 0.3) is 0 Å². The van der Waals surface area contributed by atoms with Crippen LogP contribution in [0.2, 0.25) is 5.02 Å². The van der Waals surface area contributed by atoms with Gasteiger partial charge in [0.1, 0.15) is 12.0 Å². The average Bonchev–Trinajstić information content (AvgIpc) is 3.34. The van der Waals surface area contributed by atoms with Gasteiger partial charge in [0, 0.05) is 29.0 Å². The molecule has 2 aliphatic rings. The zero-order chi connectivity index (χ0) is 20.7. The van der Waals surface area contributed by atoms with Crippen molar-refractivity contribution in [2.24, 2.45) is 0 Å². The number of carbonyl (C=O) groups excluding carboxylic acids is 2. The summed E-state index contributed by atoms with van der Waals surface area (Å²) >= 11 is 6.10. The second kappa shape index (κ2) is 7.18. The Morgan fingerprint density at radius 1 is 0.967 bits per heavy atom. The Morgan fingerprint density at radius 3 is 2.37 bits per heavy atom. The molecule has 30 heavy (non-hydrogen) atoms. The minimum absolute atomic E-state index is 0.104. The van der Waals surface area contributed by atoms with E-state index >= 15 is 0 Å². The van der Waals surface area contributed by atoms with Crippen molar-refractivity contribution in [3.8, 4) is 17.2 Å². The smallest absolute Gasteiger partial charge is 0.231 e. The molecule has 0 aromatic heterocycles. The summed E-state index contributed by atoms with van der Waals surface area (Å²) in [5.74, 6) is 0.679. The van der Waals surface area contributed by atoms with Crippen LogP contribution in [0, 0.1) is 0 Å². The third-order valence-electron chi connectivity index (χ3n) is 5.63. The molecular formula is C24H17ClO5. The fourth-order valence-electron chi connectivity index (χ4n) is 4.24. The van der Waals surface area contributed by atoms with Crippen molar-refractivity contribution >= 4 is 23.7 Å². The maximum Gasteiger partial charge on any atom is 0.231 e. The van der Waals surface area contributed by atoms with E-state index in [0.29, 0.717) is 33.4 Å². The number of carbonyl (C=O) groups is 2. The molecule has 0 radical (unpaired) electrons. The van der Waals surface area contributed by atoms with Gasteiger partial charge in [-0.1, -0.05) is 54.1 Å². The second-order valence-corrected chi connectivity index (χ2v) is 7.68. The van der Waals surface area contributed by atoms with Crippen molar-refractivity contribution in [1.29, 1.82) is 0 Å². The van der Waals surface area contributed by atoms with Crippen LogP contribution in [0.3, 0.4) is 0 Å². The van der Waals surface area contributed by atoms with E-state index in [2.05, 4.69) is 0 Å². The minimum atomic E-state index is -1.41. The van der Waals surface area contributed by atoms with Gasteiger partial charge in [0.15, 0.2) is 11.5 Å². The number of hydrogen-bond donors (Lipinski definition) is 0. The van der Waals surface area contributed by atoms with Crippen molar-refractivity contribution in [3.63, 3.8) is 0 Å². The third kappa shape index (κ3) is 2.77. The Labute approximate surface area is 178 Å². The van der Waals surface area contributed by atoms with Gasteiger partial charge in [-0.05, 0) is 23.8 Å². The van der Waals surface area contributed by atoms with E-state index in [-0.39, 0.29) is 19.0 Å². The Morgan fingerprint density at radius 2 is 1.67 bits per heavy atom. The Hall–Kier alpha value is -3.31. The summed E-state index contributed by atoms with van der Waals surface area (Å²) in [6.45, 7) is 0.104. The molecule has 0 spiro atoms. The van der Waals surface area contributed by atoms with Crippen LogP contribution in [0.4, 0.5) is 0 Å². The quantitative estimate of drug-likeness (QED) is 0.549. The lowest BCUT2D eigenvalue weighted by Crippen LogP contribution is -2.43. The van der Waals surface area contributed by atoms with Crippen molar-refractivity contribution in [2.45, 2.75) is 17.9 Å². The van der Waals surface area contributed by atoms with Gasteiger partial charge in [-0.25, -0.2) is 0 Å². The molecule has 2 aliphatic heterocycles. The lowest BCUT2D eigenvalue weighted by Gasteiger charge is -2.35. The maximum atomic E-state index is 13.9. The molecule has 0 saturated heterocycles. The minimum Gasteiger partial charge on any atom is -0.473 e. The molecule has 2 atom stereocenters. The highest BCUT2D eigenvalue weighted by Gasteiger charge is 2.55. The topological polar surface area (TPSA) is 61.8 Å². The van der Waals surface area contributed by atoms with E-state index in [9.17, 15) is 9.59 Å². The number of benzene rings is 3. The molecule has 6 heteroatoms. The number of Topliss-reactive ketones (excluding diaryl/α,β-unsaturated/α-hetero) is 1. The molecule has 2 heterocycles. The lowest BCUT2D eigenvalue weighted by atomic mass is 9.72. The number of aldehydes is 1. The van der Waals surface area contributed by atoms with Crippen molar-refractivity contribution < 1.29 is 23.8 Å². The number of fused-ring (bicyclic) bond motifs is 2. The lowest BCUT2D eigenvalue weighted by molar-refractivity contribution is -0.109. The molecule has 3 aromatic carbocycles. The van der Waals surface area contributed by atoms with Crippen LogP contribution in [-0.4, -0.2) is 18.9 Å². The highest BCUT2D eigenvalue weighted by atomic mass is 35.5. The summed E-state index contributed by atoms with van der Waals surface area (Å²) in [6.07, 6.45) is 0.931. The van der Waals surface area contributed by atoms with E-state index < -0.39 is 11.5 Å². The van der Waals surface area contributed by atoms with E-state index in [1.54, 1.807) is 36.4 Å². The van der Waals surface area contributed by atoms with Crippen LogP contribution in [0.25, 0.3) is 0 Å². The highest BCUT2D eigenvalue weighted by molar-refractivity contribution is 6.30. The highest BCUT2D eigenvalue weighted by Crippen LogP contribution is 2.53. The molecule has 0 aliphatic carbocycles. The molecule has 0 amide bonds. The van der Waals surface area contributed by atoms with Gasteiger partial charge in [-0.15, -0.1) is 0 Å². The summed E-state index contributed by atoms with van der Waals surface area (Å²) in [7, 11) is 0. The largest absolute Gasteiger partial charge is 0.473 e. The van der Waals surface area contributed by atoms with Crippen LogP contribution in [-0.2, 0) is 10.4 Å². The predicted octanol–water partition coefficient (Wildman–Crippen LogP) is 4.91. The van der Waals surface area contributed by atoms with Gasteiger partial charge in [0.05, 0.1) is 5.56 Å². The molecule has 0 fully saturated rings. The molecule has 5 rings (SSSR count). The predicted molar refractivity (Wildman–Crippen MR) is 111 cm³/mol. The summed E-state index contributed by atoms with van der Waals surface area (Å²) in [6, 6.07) is 19.8. The number of ketones is 1. The van der Waals surface area contributed by atoms with E-state index in [1.165, 1.54) is 0 Å². The molecule has 0 saturated carbocycles. The summed E-state index contributed by atoms with van der Waals surface area (Å²) in [5.41, 5.74) is 0.456. The number of hydrogen-bond acceptors (Lipinski definition) is 5. The first-order valence-corrected chi connectivity index (χ1v) is 9.93. The second-order valence-electron chi connectivity index (χ2n) is 7.24. The Bertz CT molecular complexity index is 1130. The van der Waals surface area contributed by atoms with Crippen LogP contribution < -0.4 is 14.2 Å². The SMILES string of the molecule is O=CC[C@@H](c1ccccc1)[C@]1(c2ccc(Cl)cc2)Oc2cc3c(cc2C1=O)OCO3. The average molecular weight is 421 g/mol. The van der Waals surface area contributed by atoms with Gasteiger partial charge < -0.3 is 19.0 Å². The molecule has 3 aromatic rings. The maximum absolute atomic E-state index is 13.9. The van der Waals surface area contributed by atoms with Gasteiger partial charge >= 0.3 is 0 Å². The summed E-state index contributed by atoms with van der Waals surface area (Å²) < 4.78 is 17.3. The van der Waals surface area contributed by atoms with E-state index in [4.69, 9.17) is 25.8 Å². The number of halogens is 1. The molecule has 150 valence electrons. The first-order valence-electron chi connectivity index (χ1n) is 9.55. The van der Waals surface area contributed by atoms with Gasteiger partial charge in [0.2, 0.25) is 18.2 Å². The molecule has 0 bridgehead atoms. The van der Waals surface area contributed by atoms with Crippen LogP contribution in [0.1, 0.15) is 33.8 Å². The normalized spacial score (nSPS) is 19.8. The standard InChI is InChI=1S/C24H17ClO5/c25-17-8-6-16(7-9-17)24(19(10-11-26)15-4-2-1-3-5-15)23(27)18-12-21-22(29-14-28-21)13-20(18)30-24/h1-9,11-13,19H,10,14H2/t19-,24-/m0/s1. The zero-order valence-corrected chi connectivity index (χ0v) is 16.6. The van der Waals surface area contributed by atoms with Crippen LogP contribution in [0.5, 0.6) is 17.2 Å². The third-order valence-corrected chi connectivity index (χ3v) is 5.88. The van der Waals surface area contributed by atoms with E-state index in [0.717, 1.165) is 11.8 Å². The van der Waals surface area contributed by atoms with Crippen molar-refractivity contribution in [3.05, 3.63) is 88.4 Å². The summed E-state index contributed by atoms with van der Waals surface area (Å²) in [5, 5.41) is 0.546. The molecule has 5 nitrogen and oxygen atoms in total. The van der Waals surface area contributed by atoms with Gasteiger partial charge in [-0.3, -0.25) is 4.79 Å². The molecule has 0 N–H and O–H groups in total. The number of ether oxygens (including phenoxy) is 3.